The van der Waals surface area contributed by atoms with Crippen molar-refractivity contribution in [2.45, 2.75) is 11.8 Å². The molecule has 3 rings (SSSR count). The van der Waals surface area contributed by atoms with Crippen LogP contribution in [0.15, 0.2) is 71.6 Å². The average molecular weight is 411 g/mol. The lowest BCUT2D eigenvalue weighted by atomic mass is 10.1. The van der Waals surface area contributed by atoms with Gasteiger partial charge in [-0.3, -0.25) is 9.59 Å². The molecule has 142 valence electrons. The predicted molar refractivity (Wildman–Crippen MR) is 117 cm³/mol. The quantitative estimate of drug-likeness (QED) is 0.517. The van der Waals surface area contributed by atoms with E-state index in [1.165, 1.54) is 11.8 Å². The van der Waals surface area contributed by atoms with Gasteiger partial charge in [-0.1, -0.05) is 35.9 Å². The van der Waals surface area contributed by atoms with E-state index in [9.17, 15) is 9.59 Å². The summed E-state index contributed by atoms with van der Waals surface area (Å²) in [7, 11) is 0. The molecule has 0 aliphatic rings. The van der Waals surface area contributed by atoms with Crippen LogP contribution in [0.5, 0.6) is 0 Å². The zero-order valence-electron chi connectivity index (χ0n) is 15.5. The Morgan fingerprint density at radius 2 is 1.61 bits per heavy atom. The highest BCUT2D eigenvalue weighted by Gasteiger charge is 2.16. The second-order valence-corrected chi connectivity index (χ2v) is 7.46. The van der Waals surface area contributed by atoms with E-state index in [0.717, 1.165) is 10.5 Å². The molecular formula is C22H19ClN2O2S. The molecule has 28 heavy (non-hydrogen) atoms. The summed E-state index contributed by atoms with van der Waals surface area (Å²) in [6.45, 7) is 1.95. The summed E-state index contributed by atoms with van der Waals surface area (Å²) < 4.78 is 0. The van der Waals surface area contributed by atoms with Crippen molar-refractivity contribution < 1.29 is 9.59 Å². The number of amides is 2. The van der Waals surface area contributed by atoms with Crippen LogP contribution in [0.4, 0.5) is 11.4 Å². The summed E-state index contributed by atoms with van der Waals surface area (Å²) in [5.41, 5.74) is 2.89. The van der Waals surface area contributed by atoms with Crippen molar-refractivity contribution in [3.63, 3.8) is 0 Å². The fourth-order valence-electron chi connectivity index (χ4n) is 2.71. The molecule has 0 aliphatic carbocycles. The van der Waals surface area contributed by atoms with Gasteiger partial charge in [-0.05, 0) is 61.2 Å². The number of carbonyl (C=O) groups excluding carboxylic acids is 2. The van der Waals surface area contributed by atoms with E-state index >= 15 is 0 Å². The van der Waals surface area contributed by atoms with Crippen LogP contribution in [-0.2, 0) is 0 Å². The minimum Gasteiger partial charge on any atom is -0.322 e. The summed E-state index contributed by atoms with van der Waals surface area (Å²) in [5.74, 6) is -0.665. The van der Waals surface area contributed by atoms with Crippen LogP contribution in [0, 0.1) is 6.92 Å². The van der Waals surface area contributed by atoms with Crippen LogP contribution in [0.3, 0.4) is 0 Å². The van der Waals surface area contributed by atoms with Gasteiger partial charge in [0.1, 0.15) is 0 Å². The lowest BCUT2D eigenvalue weighted by Gasteiger charge is -2.13. The number of thioether (sulfide) groups is 1. The van der Waals surface area contributed by atoms with Crippen LogP contribution in [0.2, 0.25) is 5.02 Å². The molecule has 0 aromatic heterocycles. The first-order chi connectivity index (χ1) is 13.5. The van der Waals surface area contributed by atoms with Crippen LogP contribution in [0.25, 0.3) is 0 Å². The number of para-hydroxylation sites is 1. The number of rotatable bonds is 5. The third kappa shape index (κ3) is 4.74. The third-order valence-electron chi connectivity index (χ3n) is 4.11. The number of nitrogens with one attached hydrogen (secondary N) is 2. The van der Waals surface area contributed by atoms with Crippen molar-refractivity contribution in [3.8, 4) is 0 Å². The fourth-order valence-corrected chi connectivity index (χ4v) is 3.35. The SMILES string of the molecule is CSc1ccc(Cl)c(C(=O)Nc2ccccc2C(=O)Nc2cccc(C)c2)c1. The number of anilines is 2. The third-order valence-corrected chi connectivity index (χ3v) is 5.17. The van der Waals surface area contributed by atoms with Crippen LogP contribution >= 0.6 is 23.4 Å². The Hall–Kier alpha value is -2.76. The zero-order chi connectivity index (χ0) is 20.1. The number of carbonyl (C=O) groups is 2. The highest BCUT2D eigenvalue weighted by atomic mass is 35.5. The molecule has 3 aromatic rings. The Bertz CT molecular complexity index is 1040. The van der Waals surface area contributed by atoms with Crippen molar-refractivity contribution in [2.75, 3.05) is 16.9 Å². The van der Waals surface area contributed by atoms with E-state index in [2.05, 4.69) is 10.6 Å². The summed E-state index contributed by atoms with van der Waals surface area (Å²) in [4.78, 5) is 26.4. The highest BCUT2D eigenvalue weighted by Crippen LogP contribution is 2.25. The van der Waals surface area contributed by atoms with Gasteiger partial charge in [-0.2, -0.15) is 0 Å². The van der Waals surface area contributed by atoms with Crippen molar-refractivity contribution >= 4 is 46.6 Å². The Balaban J connectivity index is 1.84. The molecule has 6 heteroatoms. The zero-order valence-corrected chi connectivity index (χ0v) is 17.0. The molecule has 0 radical (unpaired) electrons. The molecule has 0 saturated heterocycles. The monoisotopic (exact) mass is 410 g/mol. The van der Waals surface area contributed by atoms with Gasteiger partial charge in [0.05, 0.1) is 21.8 Å². The first-order valence-electron chi connectivity index (χ1n) is 8.60. The minimum absolute atomic E-state index is 0.300. The largest absolute Gasteiger partial charge is 0.322 e. The second kappa shape index (κ2) is 8.95. The molecule has 0 atom stereocenters. The van der Waals surface area contributed by atoms with Crippen molar-refractivity contribution in [1.82, 2.24) is 0 Å². The maximum atomic E-state index is 12.7. The summed E-state index contributed by atoms with van der Waals surface area (Å²) in [6.07, 6.45) is 1.93. The second-order valence-electron chi connectivity index (χ2n) is 6.17. The van der Waals surface area contributed by atoms with E-state index in [1.54, 1.807) is 36.4 Å². The van der Waals surface area contributed by atoms with Crippen molar-refractivity contribution in [3.05, 3.63) is 88.4 Å². The predicted octanol–water partition coefficient (Wildman–Crippen LogP) is 5.87. The van der Waals surface area contributed by atoms with Gasteiger partial charge in [0.15, 0.2) is 0 Å². The fraction of sp³-hybridized carbons (Fsp3) is 0.0909. The van der Waals surface area contributed by atoms with E-state index in [1.807, 2.05) is 43.5 Å². The van der Waals surface area contributed by atoms with E-state index in [4.69, 9.17) is 11.6 Å². The van der Waals surface area contributed by atoms with E-state index in [0.29, 0.717) is 27.5 Å². The lowest BCUT2D eigenvalue weighted by Crippen LogP contribution is -2.18. The Morgan fingerprint density at radius 3 is 2.36 bits per heavy atom. The number of aryl methyl sites for hydroxylation is 1. The maximum Gasteiger partial charge on any atom is 0.257 e. The van der Waals surface area contributed by atoms with Gasteiger partial charge >= 0.3 is 0 Å². The first kappa shape index (κ1) is 20.0. The van der Waals surface area contributed by atoms with Gasteiger partial charge in [-0.15, -0.1) is 11.8 Å². The number of benzene rings is 3. The van der Waals surface area contributed by atoms with Crippen LogP contribution in [0.1, 0.15) is 26.3 Å². The molecule has 0 saturated carbocycles. The lowest BCUT2D eigenvalue weighted by molar-refractivity contribution is 0.102. The molecule has 4 nitrogen and oxygen atoms in total. The smallest absolute Gasteiger partial charge is 0.257 e. The Kier molecular flexibility index (Phi) is 6.39. The van der Waals surface area contributed by atoms with Crippen molar-refractivity contribution in [1.29, 1.82) is 0 Å². The highest BCUT2D eigenvalue weighted by molar-refractivity contribution is 7.98. The molecule has 3 aromatic carbocycles. The van der Waals surface area contributed by atoms with E-state index in [-0.39, 0.29) is 11.8 Å². The summed E-state index contributed by atoms with van der Waals surface area (Å²) in [5, 5.41) is 6.02. The number of hydrogen-bond acceptors (Lipinski definition) is 3. The van der Waals surface area contributed by atoms with Gasteiger partial charge in [0, 0.05) is 10.6 Å². The topological polar surface area (TPSA) is 58.2 Å². The van der Waals surface area contributed by atoms with Gasteiger partial charge in [0.2, 0.25) is 0 Å². The summed E-state index contributed by atoms with van der Waals surface area (Å²) >= 11 is 7.71. The number of halogens is 1. The molecule has 0 spiro atoms. The Morgan fingerprint density at radius 1 is 0.857 bits per heavy atom. The van der Waals surface area contributed by atoms with Gasteiger partial charge < -0.3 is 10.6 Å². The molecule has 0 aliphatic heterocycles. The maximum absolute atomic E-state index is 12.7. The van der Waals surface area contributed by atoms with Crippen LogP contribution < -0.4 is 10.6 Å². The van der Waals surface area contributed by atoms with Gasteiger partial charge in [-0.25, -0.2) is 0 Å². The normalized spacial score (nSPS) is 10.4. The van der Waals surface area contributed by atoms with Crippen molar-refractivity contribution in [2.24, 2.45) is 0 Å². The van der Waals surface area contributed by atoms with Crippen LogP contribution in [-0.4, -0.2) is 18.1 Å². The minimum atomic E-state index is -0.364. The summed E-state index contributed by atoms with van der Waals surface area (Å²) in [6, 6.07) is 19.7. The standard InChI is InChI=1S/C22H19ClN2O2S/c1-14-6-5-7-15(12-14)24-21(26)17-8-3-4-9-20(17)25-22(27)18-13-16(28-2)10-11-19(18)23/h3-13H,1-2H3,(H,24,26)(H,25,27). The molecule has 2 amide bonds. The average Bonchev–Trinajstić information content (AvgIpc) is 2.68. The van der Waals surface area contributed by atoms with Gasteiger partial charge in [0.25, 0.3) is 11.8 Å². The molecule has 0 unspecified atom stereocenters. The molecule has 0 bridgehead atoms. The first-order valence-corrected chi connectivity index (χ1v) is 10.2. The molecule has 0 heterocycles. The molecule has 0 fully saturated rings. The Labute approximate surface area is 173 Å². The molecular weight excluding hydrogens is 392 g/mol. The number of hydrogen-bond donors (Lipinski definition) is 2. The molecule has 2 N–H and O–H groups in total. The van der Waals surface area contributed by atoms with E-state index < -0.39 is 0 Å².